The fourth-order valence-electron chi connectivity index (χ4n) is 5.18. The number of carbonyl (C=O) groups excluding carboxylic acids is 1. The topological polar surface area (TPSA) is 41.6 Å². The van der Waals surface area contributed by atoms with Gasteiger partial charge in [0.05, 0.1) is 0 Å². The summed E-state index contributed by atoms with van der Waals surface area (Å²) in [6.07, 6.45) is 4.68. The summed E-state index contributed by atoms with van der Waals surface area (Å²) >= 11 is 3.64. The minimum absolute atomic E-state index is 0.0575. The molecule has 2 atom stereocenters. The highest BCUT2D eigenvalue weighted by molar-refractivity contribution is 9.10. The van der Waals surface area contributed by atoms with Gasteiger partial charge in [-0.05, 0) is 81.5 Å². The summed E-state index contributed by atoms with van der Waals surface area (Å²) in [4.78, 5) is 14.8. The van der Waals surface area contributed by atoms with Crippen LogP contribution in [0.3, 0.4) is 0 Å². The van der Waals surface area contributed by atoms with E-state index in [4.69, 9.17) is 4.74 Å². The predicted molar refractivity (Wildman–Crippen MR) is 134 cm³/mol. The highest BCUT2D eigenvalue weighted by Crippen LogP contribution is 2.48. The Morgan fingerprint density at radius 1 is 1.00 bits per heavy atom. The molecule has 1 N–H and O–H groups in total. The second kappa shape index (κ2) is 9.80. The van der Waals surface area contributed by atoms with E-state index in [9.17, 15) is 4.79 Å². The van der Waals surface area contributed by atoms with Crippen LogP contribution < -0.4 is 10.1 Å². The summed E-state index contributed by atoms with van der Waals surface area (Å²) in [5.41, 5.74) is 5.75. The van der Waals surface area contributed by atoms with Crippen molar-refractivity contribution < 1.29 is 9.53 Å². The van der Waals surface area contributed by atoms with Gasteiger partial charge in [0.15, 0.2) is 0 Å². The standard InChI is InChI=1S/C25H27BrN2O2.C2H6/c1-3-28(4-2)25(29)15-5-9-20-23(13-15)30-22-10-6-17(26)14-21(22)24(20)16-11-18-7-8-19(12-16)27-18;1-2/h5-6,9-10,13-14,18-19,27H,3-4,7-8,11-12H2,1-2H3;1-2H3. The van der Waals surface area contributed by atoms with Crippen LogP contribution in [-0.2, 0) is 0 Å². The van der Waals surface area contributed by atoms with E-state index >= 15 is 0 Å². The number of rotatable bonds is 3. The van der Waals surface area contributed by atoms with Crippen molar-refractivity contribution in [1.82, 2.24) is 10.2 Å². The molecule has 2 aromatic carbocycles. The van der Waals surface area contributed by atoms with Crippen molar-refractivity contribution in [2.75, 3.05) is 13.1 Å². The van der Waals surface area contributed by atoms with Crippen LogP contribution in [0, 0.1) is 0 Å². The molecular weight excluding hydrogens is 464 g/mol. The molecule has 0 spiro atoms. The summed E-state index contributed by atoms with van der Waals surface area (Å²) in [6, 6.07) is 13.3. The number of nitrogens with one attached hydrogen (secondary N) is 1. The van der Waals surface area contributed by atoms with Gasteiger partial charge in [-0.3, -0.25) is 4.79 Å². The number of hydrogen-bond donors (Lipinski definition) is 1. The zero-order valence-corrected chi connectivity index (χ0v) is 21.1. The average Bonchev–Trinajstić information content (AvgIpc) is 3.16. The van der Waals surface area contributed by atoms with Gasteiger partial charge in [0.25, 0.3) is 5.91 Å². The number of amides is 1. The summed E-state index contributed by atoms with van der Waals surface area (Å²) < 4.78 is 7.37. The number of piperidine rings is 1. The van der Waals surface area contributed by atoms with Crippen LogP contribution >= 0.6 is 15.9 Å². The highest BCUT2D eigenvalue weighted by atomic mass is 79.9. The van der Waals surface area contributed by atoms with Crippen molar-refractivity contribution in [3.63, 3.8) is 0 Å². The molecule has 4 nitrogen and oxygen atoms in total. The van der Waals surface area contributed by atoms with Crippen LogP contribution in [0.25, 0.3) is 5.57 Å². The molecule has 2 aromatic rings. The van der Waals surface area contributed by atoms with Crippen molar-refractivity contribution in [1.29, 1.82) is 0 Å². The second-order valence-corrected chi connectivity index (χ2v) is 9.37. The average molecular weight is 497 g/mol. The number of carbonyl (C=O) groups is 1. The Hall–Kier alpha value is -2.11. The van der Waals surface area contributed by atoms with Crippen molar-refractivity contribution >= 4 is 27.4 Å². The van der Waals surface area contributed by atoms with Crippen LogP contribution in [0.5, 0.6) is 11.5 Å². The van der Waals surface area contributed by atoms with E-state index in [1.54, 1.807) is 0 Å². The normalized spacial score (nSPS) is 20.5. The maximum atomic E-state index is 12.9. The first-order chi connectivity index (χ1) is 15.6. The zero-order valence-electron chi connectivity index (χ0n) is 19.5. The van der Waals surface area contributed by atoms with Gasteiger partial charge in [-0.15, -0.1) is 0 Å². The maximum Gasteiger partial charge on any atom is 0.253 e. The molecule has 0 saturated carbocycles. The number of halogens is 1. The van der Waals surface area contributed by atoms with Gasteiger partial charge in [-0.25, -0.2) is 0 Å². The monoisotopic (exact) mass is 496 g/mol. The molecule has 1 amide bonds. The maximum absolute atomic E-state index is 12.9. The van der Waals surface area contributed by atoms with E-state index in [1.165, 1.54) is 24.0 Å². The zero-order chi connectivity index (χ0) is 22.8. The fraction of sp³-hybridized carbons (Fsp3) is 0.444. The SMILES string of the molecule is CC.CCN(CC)C(=O)c1ccc2c(c1)Oc1ccc(Br)cc1C2=C1CC2CCC(C1)N2. The van der Waals surface area contributed by atoms with Crippen LogP contribution in [0.1, 0.15) is 74.9 Å². The molecule has 32 heavy (non-hydrogen) atoms. The molecule has 0 radical (unpaired) electrons. The third kappa shape index (κ3) is 4.25. The van der Waals surface area contributed by atoms with Gasteiger partial charge >= 0.3 is 0 Å². The van der Waals surface area contributed by atoms with E-state index in [0.717, 1.165) is 39.9 Å². The van der Waals surface area contributed by atoms with E-state index < -0.39 is 0 Å². The number of ether oxygens (including phenoxy) is 1. The van der Waals surface area contributed by atoms with Gasteiger partial charge in [0.2, 0.25) is 0 Å². The van der Waals surface area contributed by atoms with E-state index in [0.29, 0.717) is 30.7 Å². The Morgan fingerprint density at radius 2 is 1.69 bits per heavy atom. The first kappa shape index (κ1) is 23.1. The highest BCUT2D eigenvalue weighted by Gasteiger charge is 2.34. The van der Waals surface area contributed by atoms with Crippen molar-refractivity contribution in [3.8, 4) is 11.5 Å². The van der Waals surface area contributed by atoms with Gasteiger partial charge < -0.3 is 15.0 Å². The number of nitrogens with zero attached hydrogens (tertiary/aromatic N) is 1. The quantitative estimate of drug-likeness (QED) is 0.434. The molecule has 3 heterocycles. The second-order valence-electron chi connectivity index (χ2n) is 8.46. The van der Waals surface area contributed by atoms with E-state index in [-0.39, 0.29) is 5.91 Å². The molecule has 5 heteroatoms. The number of benzene rings is 2. The third-order valence-corrected chi connectivity index (χ3v) is 7.15. The molecule has 2 saturated heterocycles. The Kier molecular flexibility index (Phi) is 7.06. The predicted octanol–water partition coefficient (Wildman–Crippen LogP) is 6.78. The van der Waals surface area contributed by atoms with Crippen molar-refractivity contribution in [3.05, 3.63) is 63.1 Å². The van der Waals surface area contributed by atoms with Gasteiger partial charge in [0, 0.05) is 46.3 Å². The third-order valence-electron chi connectivity index (χ3n) is 6.65. The smallest absolute Gasteiger partial charge is 0.253 e. The summed E-state index contributed by atoms with van der Waals surface area (Å²) in [5, 5.41) is 3.74. The van der Waals surface area contributed by atoms with E-state index in [2.05, 4.69) is 33.4 Å². The minimum atomic E-state index is 0.0575. The Labute approximate surface area is 200 Å². The van der Waals surface area contributed by atoms with E-state index in [1.807, 2.05) is 56.9 Å². The molecular formula is C27H33BrN2O2. The largest absolute Gasteiger partial charge is 0.456 e. The van der Waals surface area contributed by atoms with Gasteiger partial charge in [0.1, 0.15) is 11.5 Å². The fourth-order valence-corrected chi connectivity index (χ4v) is 5.54. The summed E-state index contributed by atoms with van der Waals surface area (Å²) in [7, 11) is 0. The lowest BCUT2D eigenvalue weighted by Crippen LogP contribution is -2.35. The lowest BCUT2D eigenvalue weighted by molar-refractivity contribution is 0.0772. The van der Waals surface area contributed by atoms with Gasteiger partial charge in [-0.1, -0.05) is 35.4 Å². The summed E-state index contributed by atoms with van der Waals surface area (Å²) in [6.45, 7) is 9.43. The molecule has 0 aromatic heterocycles. The molecule has 2 fully saturated rings. The van der Waals surface area contributed by atoms with Crippen LogP contribution in [0.15, 0.2) is 46.4 Å². The lowest BCUT2D eigenvalue weighted by Gasteiger charge is -2.31. The summed E-state index contributed by atoms with van der Waals surface area (Å²) in [5.74, 6) is 1.71. The van der Waals surface area contributed by atoms with Crippen LogP contribution in [-0.4, -0.2) is 36.0 Å². The molecule has 5 rings (SSSR count). The molecule has 2 bridgehead atoms. The molecule has 2 unspecified atom stereocenters. The lowest BCUT2D eigenvalue weighted by atomic mass is 9.84. The Bertz CT molecular complexity index is 1030. The molecule has 170 valence electrons. The van der Waals surface area contributed by atoms with Crippen LogP contribution in [0.2, 0.25) is 0 Å². The first-order valence-electron chi connectivity index (χ1n) is 12.0. The van der Waals surface area contributed by atoms with Gasteiger partial charge in [-0.2, -0.15) is 0 Å². The first-order valence-corrected chi connectivity index (χ1v) is 12.8. The molecule has 3 aliphatic rings. The minimum Gasteiger partial charge on any atom is -0.456 e. The number of fused-ring (bicyclic) bond motifs is 4. The van der Waals surface area contributed by atoms with Crippen molar-refractivity contribution in [2.45, 2.75) is 65.5 Å². The Balaban J connectivity index is 0.00000119. The van der Waals surface area contributed by atoms with Crippen LogP contribution in [0.4, 0.5) is 0 Å². The molecule has 0 aliphatic carbocycles. The molecule has 3 aliphatic heterocycles. The Morgan fingerprint density at radius 3 is 2.34 bits per heavy atom. The van der Waals surface area contributed by atoms with Crippen molar-refractivity contribution in [2.24, 2.45) is 0 Å². The number of hydrogen-bond acceptors (Lipinski definition) is 3.